The summed E-state index contributed by atoms with van der Waals surface area (Å²) in [6.45, 7) is 4.40. The third-order valence-electron chi connectivity index (χ3n) is 2.64. The summed E-state index contributed by atoms with van der Waals surface area (Å²) in [5.74, 6) is 0.600. The van der Waals surface area contributed by atoms with Gasteiger partial charge in [0.2, 0.25) is 0 Å². The number of benzene rings is 1. The normalized spacial score (nSPS) is 14.9. The van der Waals surface area contributed by atoms with Gasteiger partial charge in [-0.2, -0.15) is 0 Å². The standard InChI is InChI=1S/C13H19IO/c1-3-5-10(2)8-13(15)11-6-4-7-12(14)9-11/h4,6-7,9-10,13,15H,3,5,8H2,1-2H3. The van der Waals surface area contributed by atoms with E-state index in [2.05, 4.69) is 42.5 Å². The number of hydrogen-bond acceptors (Lipinski definition) is 1. The van der Waals surface area contributed by atoms with Crippen molar-refractivity contribution in [2.75, 3.05) is 0 Å². The van der Waals surface area contributed by atoms with Crippen molar-refractivity contribution in [2.45, 2.75) is 39.2 Å². The molecule has 0 bridgehead atoms. The predicted molar refractivity (Wildman–Crippen MR) is 72.8 cm³/mol. The number of aliphatic hydroxyl groups is 1. The average molecular weight is 318 g/mol. The lowest BCUT2D eigenvalue weighted by atomic mass is 9.95. The second-order valence-corrected chi connectivity index (χ2v) is 5.45. The second-order valence-electron chi connectivity index (χ2n) is 4.20. The first-order valence-corrected chi connectivity index (χ1v) is 6.65. The smallest absolute Gasteiger partial charge is 0.0793 e. The van der Waals surface area contributed by atoms with Crippen molar-refractivity contribution >= 4 is 22.6 Å². The quantitative estimate of drug-likeness (QED) is 0.809. The molecule has 1 rings (SSSR count). The highest BCUT2D eigenvalue weighted by atomic mass is 127. The third kappa shape index (κ3) is 4.51. The molecule has 0 radical (unpaired) electrons. The average Bonchev–Trinajstić information content (AvgIpc) is 2.18. The summed E-state index contributed by atoms with van der Waals surface area (Å²) in [6, 6.07) is 8.12. The SMILES string of the molecule is CCCC(C)CC(O)c1cccc(I)c1. The van der Waals surface area contributed by atoms with Crippen LogP contribution in [0.3, 0.4) is 0 Å². The van der Waals surface area contributed by atoms with E-state index in [0.717, 1.165) is 12.0 Å². The second kappa shape index (κ2) is 6.48. The van der Waals surface area contributed by atoms with Crippen LogP contribution in [0.15, 0.2) is 24.3 Å². The van der Waals surface area contributed by atoms with Crippen molar-refractivity contribution in [2.24, 2.45) is 5.92 Å². The highest BCUT2D eigenvalue weighted by Gasteiger charge is 2.11. The molecular weight excluding hydrogens is 299 g/mol. The Morgan fingerprint density at radius 2 is 2.13 bits per heavy atom. The minimum atomic E-state index is -0.304. The zero-order valence-electron chi connectivity index (χ0n) is 9.41. The van der Waals surface area contributed by atoms with Crippen molar-refractivity contribution in [1.82, 2.24) is 0 Å². The van der Waals surface area contributed by atoms with E-state index in [-0.39, 0.29) is 6.10 Å². The summed E-state index contributed by atoms with van der Waals surface area (Å²) in [5, 5.41) is 10.0. The van der Waals surface area contributed by atoms with Crippen LogP contribution in [0.25, 0.3) is 0 Å². The van der Waals surface area contributed by atoms with Crippen LogP contribution >= 0.6 is 22.6 Å². The Morgan fingerprint density at radius 1 is 1.40 bits per heavy atom. The number of rotatable bonds is 5. The van der Waals surface area contributed by atoms with Gasteiger partial charge >= 0.3 is 0 Å². The summed E-state index contributed by atoms with van der Waals surface area (Å²) in [7, 11) is 0. The number of hydrogen-bond donors (Lipinski definition) is 1. The Labute approximate surface area is 106 Å². The molecule has 15 heavy (non-hydrogen) atoms. The van der Waals surface area contributed by atoms with E-state index >= 15 is 0 Å². The van der Waals surface area contributed by atoms with E-state index in [1.807, 2.05) is 18.2 Å². The topological polar surface area (TPSA) is 20.2 Å². The highest BCUT2D eigenvalue weighted by molar-refractivity contribution is 14.1. The lowest BCUT2D eigenvalue weighted by Crippen LogP contribution is -2.04. The summed E-state index contributed by atoms with van der Waals surface area (Å²) < 4.78 is 1.19. The van der Waals surface area contributed by atoms with Crippen molar-refractivity contribution < 1.29 is 5.11 Å². The van der Waals surface area contributed by atoms with Crippen LogP contribution in [0.5, 0.6) is 0 Å². The van der Waals surface area contributed by atoms with Crippen LogP contribution in [0.4, 0.5) is 0 Å². The Kier molecular flexibility index (Phi) is 5.61. The van der Waals surface area contributed by atoms with Gasteiger partial charge in [-0.05, 0) is 52.6 Å². The molecule has 0 aliphatic heterocycles. The Balaban J connectivity index is 2.56. The van der Waals surface area contributed by atoms with Crippen LogP contribution < -0.4 is 0 Å². The first-order valence-electron chi connectivity index (χ1n) is 5.57. The molecule has 0 saturated carbocycles. The van der Waals surface area contributed by atoms with E-state index in [4.69, 9.17) is 0 Å². The van der Waals surface area contributed by atoms with E-state index in [1.165, 1.54) is 16.4 Å². The molecule has 0 heterocycles. The van der Waals surface area contributed by atoms with Gasteiger partial charge < -0.3 is 5.11 Å². The fourth-order valence-electron chi connectivity index (χ4n) is 1.84. The van der Waals surface area contributed by atoms with Crippen molar-refractivity contribution in [3.05, 3.63) is 33.4 Å². The largest absolute Gasteiger partial charge is 0.388 e. The van der Waals surface area contributed by atoms with Gasteiger partial charge in [0.15, 0.2) is 0 Å². The molecule has 1 aromatic carbocycles. The Bertz CT molecular complexity index is 298. The lowest BCUT2D eigenvalue weighted by molar-refractivity contribution is 0.145. The maximum atomic E-state index is 10.0. The molecule has 2 unspecified atom stereocenters. The van der Waals surface area contributed by atoms with Gasteiger partial charge in [-0.1, -0.05) is 38.8 Å². The van der Waals surface area contributed by atoms with Gasteiger partial charge in [0.05, 0.1) is 6.10 Å². The van der Waals surface area contributed by atoms with Crippen LogP contribution in [0.1, 0.15) is 44.8 Å². The predicted octanol–water partition coefficient (Wildman–Crippen LogP) is 4.15. The first kappa shape index (κ1) is 13.0. The molecule has 0 fully saturated rings. The molecule has 1 N–H and O–H groups in total. The maximum Gasteiger partial charge on any atom is 0.0793 e. The summed E-state index contributed by atoms with van der Waals surface area (Å²) in [4.78, 5) is 0. The van der Waals surface area contributed by atoms with Gasteiger partial charge in [-0.15, -0.1) is 0 Å². The molecule has 1 aromatic rings. The van der Waals surface area contributed by atoms with E-state index in [9.17, 15) is 5.11 Å². The molecule has 0 aliphatic rings. The van der Waals surface area contributed by atoms with E-state index in [0.29, 0.717) is 5.92 Å². The lowest BCUT2D eigenvalue weighted by Gasteiger charge is -2.16. The van der Waals surface area contributed by atoms with E-state index in [1.54, 1.807) is 0 Å². The number of halogens is 1. The molecule has 0 amide bonds. The molecular formula is C13H19IO. The maximum absolute atomic E-state index is 10.0. The minimum Gasteiger partial charge on any atom is -0.388 e. The molecule has 0 spiro atoms. The van der Waals surface area contributed by atoms with Gasteiger partial charge in [-0.3, -0.25) is 0 Å². The fraction of sp³-hybridized carbons (Fsp3) is 0.538. The Morgan fingerprint density at radius 3 is 2.73 bits per heavy atom. The zero-order valence-corrected chi connectivity index (χ0v) is 11.6. The molecule has 0 aliphatic carbocycles. The number of aliphatic hydroxyl groups excluding tert-OH is 1. The van der Waals surface area contributed by atoms with Gasteiger partial charge in [0, 0.05) is 3.57 Å². The summed E-state index contributed by atoms with van der Waals surface area (Å²) in [6.07, 6.45) is 2.95. The molecule has 2 atom stereocenters. The van der Waals surface area contributed by atoms with Gasteiger partial charge in [-0.25, -0.2) is 0 Å². The van der Waals surface area contributed by atoms with Gasteiger partial charge in [0.25, 0.3) is 0 Å². The van der Waals surface area contributed by atoms with Crippen molar-refractivity contribution in [3.63, 3.8) is 0 Å². The zero-order chi connectivity index (χ0) is 11.3. The molecule has 84 valence electrons. The molecule has 0 aromatic heterocycles. The van der Waals surface area contributed by atoms with Crippen LogP contribution in [-0.4, -0.2) is 5.11 Å². The minimum absolute atomic E-state index is 0.304. The van der Waals surface area contributed by atoms with Crippen molar-refractivity contribution in [1.29, 1.82) is 0 Å². The highest BCUT2D eigenvalue weighted by Crippen LogP contribution is 2.24. The van der Waals surface area contributed by atoms with Crippen LogP contribution in [-0.2, 0) is 0 Å². The third-order valence-corrected chi connectivity index (χ3v) is 3.31. The molecule has 2 heteroatoms. The Hall–Kier alpha value is -0.0900. The van der Waals surface area contributed by atoms with Gasteiger partial charge in [0.1, 0.15) is 0 Å². The van der Waals surface area contributed by atoms with E-state index < -0.39 is 0 Å². The summed E-state index contributed by atoms with van der Waals surface area (Å²) >= 11 is 2.28. The molecule has 0 saturated heterocycles. The fourth-order valence-corrected chi connectivity index (χ4v) is 2.41. The summed E-state index contributed by atoms with van der Waals surface area (Å²) in [5.41, 5.74) is 1.05. The van der Waals surface area contributed by atoms with Crippen LogP contribution in [0.2, 0.25) is 0 Å². The first-order chi connectivity index (χ1) is 7.13. The van der Waals surface area contributed by atoms with Crippen LogP contribution in [0, 0.1) is 9.49 Å². The monoisotopic (exact) mass is 318 g/mol. The molecule has 1 nitrogen and oxygen atoms in total. The van der Waals surface area contributed by atoms with Crippen molar-refractivity contribution in [3.8, 4) is 0 Å².